The predicted molar refractivity (Wildman–Crippen MR) is 117 cm³/mol. The van der Waals surface area contributed by atoms with Gasteiger partial charge in [-0.25, -0.2) is 4.98 Å². The lowest BCUT2D eigenvalue weighted by Gasteiger charge is -2.10. The van der Waals surface area contributed by atoms with E-state index in [0.29, 0.717) is 17.2 Å². The minimum absolute atomic E-state index is 0.247. The van der Waals surface area contributed by atoms with Gasteiger partial charge in [-0.2, -0.15) is 0 Å². The number of hydrogen-bond donors (Lipinski definition) is 3. The number of benzene rings is 2. The fraction of sp³-hybridized carbons (Fsp3) is 0.105. The summed E-state index contributed by atoms with van der Waals surface area (Å²) in [5, 5.41) is 3.21. The molecule has 0 atom stereocenters. The topological polar surface area (TPSA) is 66.0 Å². The SMILES string of the molecule is C=CCNC(=S)NNC(=O)c1ccc(CSc2nc3ccccc3s2)cc1. The van der Waals surface area contributed by atoms with E-state index in [1.54, 1.807) is 41.3 Å². The maximum atomic E-state index is 12.1. The number of thiocarbonyl (C=S) groups is 1. The number of thiazole rings is 1. The standard InChI is InChI=1S/C19H18N4OS3/c1-2-11-20-18(25)23-22-17(24)14-9-7-13(8-10-14)12-26-19-21-15-5-3-4-6-16(15)27-19/h2-10H,1,11-12H2,(H,22,24)(H2,20,23,25). The highest BCUT2D eigenvalue weighted by Gasteiger charge is 2.07. The van der Waals surface area contributed by atoms with Crippen LogP contribution in [0.4, 0.5) is 0 Å². The Morgan fingerprint density at radius 3 is 2.70 bits per heavy atom. The van der Waals surface area contributed by atoms with Crippen LogP contribution in [0.25, 0.3) is 10.2 Å². The summed E-state index contributed by atoms with van der Waals surface area (Å²) in [7, 11) is 0. The van der Waals surface area contributed by atoms with Crippen molar-refractivity contribution in [2.45, 2.75) is 10.1 Å². The Balaban J connectivity index is 1.51. The normalized spacial score (nSPS) is 10.4. The molecule has 0 fully saturated rings. The molecule has 5 nitrogen and oxygen atoms in total. The van der Waals surface area contributed by atoms with Gasteiger partial charge in [0, 0.05) is 17.9 Å². The van der Waals surface area contributed by atoms with Crippen LogP contribution in [0, 0.1) is 0 Å². The van der Waals surface area contributed by atoms with Gasteiger partial charge in [-0.3, -0.25) is 15.6 Å². The number of aromatic nitrogens is 1. The number of carbonyl (C=O) groups is 1. The zero-order valence-corrected chi connectivity index (χ0v) is 16.8. The summed E-state index contributed by atoms with van der Waals surface area (Å²) in [6.07, 6.45) is 1.68. The van der Waals surface area contributed by atoms with Gasteiger partial charge in [0.1, 0.15) is 0 Å². The van der Waals surface area contributed by atoms with Crippen molar-refractivity contribution in [1.82, 2.24) is 21.2 Å². The first kappa shape index (κ1) is 19.3. The fourth-order valence-corrected chi connectivity index (χ4v) is 4.36. The lowest BCUT2D eigenvalue weighted by molar-refractivity contribution is 0.0943. The number of thioether (sulfide) groups is 1. The van der Waals surface area contributed by atoms with Gasteiger partial charge in [0.2, 0.25) is 0 Å². The van der Waals surface area contributed by atoms with Crippen LogP contribution in [0.15, 0.2) is 65.5 Å². The van der Waals surface area contributed by atoms with Crippen molar-refractivity contribution in [2.75, 3.05) is 6.54 Å². The van der Waals surface area contributed by atoms with Crippen molar-refractivity contribution < 1.29 is 4.79 Å². The molecule has 3 N–H and O–H groups in total. The lowest BCUT2D eigenvalue weighted by atomic mass is 10.1. The average Bonchev–Trinajstić information content (AvgIpc) is 3.12. The summed E-state index contributed by atoms with van der Waals surface area (Å²) < 4.78 is 2.24. The van der Waals surface area contributed by atoms with Crippen molar-refractivity contribution in [3.63, 3.8) is 0 Å². The summed E-state index contributed by atoms with van der Waals surface area (Å²) in [5.74, 6) is 0.554. The van der Waals surface area contributed by atoms with Crippen molar-refractivity contribution in [2.24, 2.45) is 0 Å². The smallest absolute Gasteiger partial charge is 0.269 e. The lowest BCUT2D eigenvalue weighted by Crippen LogP contribution is -2.46. The third-order valence-electron chi connectivity index (χ3n) is 3.55. The van der Waals surface area contributed by atoms with E-state index in [1.807, 2.05) is 30.3 Å². The molecule has 0 aliphatic carbocycles. The van der Waals surface area contributed by atoms with Crippen LogP contribution < -0.4 is 16.2 Å². The second-order valence-electron chi connectivity index (χ2n) is 5.51. The number of carbonyl (C=O) groups excluding carboxylic acids is 1. The van der Waals surface area contributed by atoms with Crippen LogP contribution in [0.2, 0.25) is 0 Å². The highest BCUT2D eigenvalue weighted by atomic mass is 32.2. The molecule has 3 rings (SSSR count). The van der Waals surface area contributed by atoms with Crippen molar-refractivity contribution >= 4 is 56.6 Å². The fourth-order valence-electron chi connectivity index (χ4n) is 2.20. The molecule has 1 aromatic heterocycles. The van der Waals surface area contributed by atoms with E-state index in [0.717, 1.165) is 21.2 Å². The van der Waals surface area contributed by atoms with Gasteiger partial charge in [-0.1, -0.05) is 42.1 Å². The van der Waals surface area contributed by atoms with Gasteiger partial charge in [-0.15, -0.1) is 17.9 Å². The molecule has 1 amide bonds. The zero-order chi connectivity index (χ0) is 19.1. The highest BCUT2D eigenvalue weighted by Crippen LogP contribution is 2.31. The Kier molecular flexibility index (Phi) is 6.80. The van der Waals surface area contributed by atoms with Crippen LogP contribution in [-0.2, 0) is 5.75 Å². The van der Waals surface area contributed by atoms with E-state index in [4.69, 9.17) is 12.2 Å². The summed E-state index contributed by atoms with van der Waals surface area (Å²) in [5.41, 5.74) is 7.93. The minimum Gasteiger partial charge on any atom is -0.358 e. The van der Waals surface area contributed by atoms with E-state index in [9.17, 15) is 4.79 Å². The van der Waals surface area contributed by atoms with E-state index in [2.05, 4.69) is 33.8 Å². The highest BCUT2D eigenvalue weighted by molar-refractivity contribution is 8.00. The molecule has 0 saturated heterocycles. The van der Waals surface area contributed by atoms with Crippen molar-refractivity contribution in [3.05, 3.63) is 72.3 Å². The second-order valence-corrected chi connectivity index (χ2v) is 8.17. The third-order valence-corrected chi connectivity index (χ3v) is 6.05. The Morgan fingerprint density at radius 2 is 1.96 bits per heavy atom. The molecule has 0 unspecified atom stereocenters. The largest absolute Gasteiger partial charge is 0.358 e. The van der Waals surface area contributed by atoms with Gasteiger partial charge in [0.05, 0.1) is 10.2 Å². The number of para-hydroxylation sites is 1. The molecule has 0 spiro atoms. The van der Waals surface area contributed by atoms with Gasteiger partial charge in [0.15, 0.2) is 9.45 Å². The first-order valence-corrected chi connectivity index (χ1v) is 10.4. The van der Waals surface area contributed by atoms with Gasteiger partial charge in [-0.05, 0) is 42.0 Å². The van der Waals surface area contributed by atoms with Crippen LogP contribution in [-0.4, -0.2) is 22.5 Å². The summed E-state index contributed by atoms with van der Waals surface area (Å²) in [6, 6.07) is 15.6. The number of nitrogens with one attached hydrogen (secondary N) is 3. The Bertz CT molecular complexity index is 920. The Morgan fingerprint density at radius 1 is 1.19 bits per heavy atom. The number of nitrogens with zero attached hydrogens (tertiary/aromatic N) is 1. The van der Waals surface area contributed by atoms with Crippen molar-refractivity contribution in [3.8, 4) is 0 Å². The first-order chi connectivity index (χ1) is 13.2. The molecule has 3 aromatic rings. The molecule has 138 valence electrons. The molecule has 8 heteroatoms. The molecule has 0 aliphatic rings. The van der Waals surface area contributed by atoms with Gasteiger partial charge in [0.25, 0.3) is 5.91 Å². The molecule has 1 heterocycles. The van der Waals surface area contributed by atoms with Gasteiger partial charge < -0.3 is 5.32 Å². The molecule has 0 radical (unpaired) electrons. The summed E-state index contributed by atoms with van der Waals surface area (Å²) >= 11 is 8.41. The van der Waals surface area contributed by atoms with E-state index < -0.39 is 0 Å². The maximum Gasteiger partial charge on any atom is 0.269 e. The number of hydrogen-bond acceptors (Lipinski definition) is 5. The third kappa shape index (κ3) is 5.53. The van der Waals surface area contributed by atoms with E-state index in [1.165, 1.54) is 4.70 Å². The van der Waals surface area contributed by atoms with E-state index in [-0.39, 0.29) is 5.91 Å². The summed E-state index contributed by atoms with van der Waals surface area (Å²) in [6.45, 7) is 4.12. The first-order valence-electron chi connectivity index (χ1n) is 8.18. The molecular weight excluding hydrogens is 396 g/mol. The average molecular weight is 415 g/mol. The number of hydrazine groups is 1. The molecule has 2 aromatic carbocycles. The molecule has 0 bridgehead atoms. The molecule has 0 aliphatic heterocycles. The van der Waals surface area contributed by atoms with Crippen LogP contribution in [0.5, 0.6) is 0 Å². The monoisotopic (exact) mass is 414 g/mol. The molecule has 27 heavy (non-hydrogen) atoms. The van der Waals surface area contributed by atoms with Gasteiger partial charge >= 0.3 is 0 Å². The quantitative estimate of drug-likeness (QED) is 0.246. The molecule has 0 saturated carbocycles. The summed E-state index contributed by atoms with van der Waals surface area (Å²) in [4.78, 5) is 16.7. The maximum absolute atomic E-state index is 12.1. The number of amides is 1. The predicted octanol–water partition coefficient (Wildman–Crippen LogP) is 3.88. The Labute approximate surface area is 171 Å². The number of fused-ring (bicyclic) bond motifs is 1. The van der Waals surface area contributed by atoms with Crippen LogP contribution in [0.1, 0.15) is 15.9 Å². The second kappa shape index (κ2) is 9.50. The number of rotatable bonds is 6. The van der Waals surface area contributed by atoms with Crippen molar-refractivity contribution in [1.29, 1.82) is 0 Å². The zero-order valence-electron chi connectivity index (χ0n) is 14.4. The van der Waals surface area contributed by atoms with E-state index >= 15 is 0 Å². The Hall–Kier alpha value is -2.42. The van der Waals surface area contributed by atoms with Crippen LogP contribution >= 0.6 is 35.3 Å². The van der Waals surface area contributed by atoms with Crippen LogP contribution in [0.3, 0.4) is 0 Å². The molecular formula is C19H18N4OS3. The minimum atomic E-state index is -0.247.